The van der Waals surface area contributed by atoms with Gasteiger partial charge in [-0.2, -0.15) is 5.10 Å². The van der Waals surface area contributed by atoms with E-state index in [4.69, 9.17) is 0 Å². The van der Waals surface area contributed by atoms with Gasteiger partial charge in [-0.3, -0.25) is 9.78 Å². The zero-order chi connectivity index (χ0) is 17.7. The Balaban J connectivity index is 2.05. The van der Waals surface area contributed by atoms with Crippen molar-refractivity contribution in [2.75, 3.05) is 12.5 Å². The van der Waals surface area contributed by atoms with Crippen molar-refractivity contribution in [1.82, 2.24) is 15.2 Å². The van der Waals surface area contributed by atoms with E-state index >= 15 is 0 Å². The van der Waals surface area contributed by atoms with Crippen LogP contribution in [0.4, 0.5) is 5.95 Å². The lowest BCUT2D eigenvalue weighted by Crippen LogP contribution is -2.28. The second kappa shape index (κ2) is 7.03. The quantitative estimate of drug-likeness (QED) is 0.502. The van der Waals surface area contributed by atoms with Crippen LogP contribution in [0.2, 0.25) is 0 Å². The van der Waals surface area contributed by atoms with Gasteiger partial charge in [-0.15, -0.1) is 10.2 Å². The number of rotatable bonds is 4. The molecule has 2 N–H and O–H groups in total. The SMILES string of the molecule is COC(=O)c1ccc(/C=N\Nc2nnc(C(C)(C)C)c(=O)[nH]2)cc1. The van der Waals surface area contributed by atoms with Crippen LogP contribution >= 0.6 is 0 Å². The van der Waals surface area contributed by atoms with Crippen LogP contribution in [0.25, 0.3) is 0 Å². The normalized spacial score (nSPS) is 11.5. The maximum Gasteiger partial charge on any atom is 0.337 e. The van der Waals surface area contributed by atoms with Crippen molar-refractivity contribution >= 4 is 18.1 Å². The molecule has 0 aliphatic carbocycles. The summed E-state index contributed by atoms with van der Waals surface area (Å²) in [6.07, 6.45) is 1.53. The third-order valence-electron chi connectivity index (χ3n) is 3.12. The van der Waals surface area contributed by atoms with Crippen molar-refractivity contribution in [3.05, 3.63) is 51.4 Å². The molecule has 126 valence electrons. The number of nitrogens with one attached hydrogen (secondary N) is 2. The zero-order valence-corrected chi connectivity index (χ0v) is 14.0. The number of esters is 1. The van der Waals surface area contributed by atoms with Crippen molar-refractivity contribution in [2.24, 2.45) is 5.10 Å². The molecule has 0 saturated heterocycles. The van der Waals surface area contributed by atoms with E-state index in [2.05, 4.69) is 30.4 Å². The summed E-state index contributed by atoms with van der Waals surface area (Å²) in [5.41, 5.74) is 3.49. The number of hydrogen-bond acceptors (Lipinski definition) is 7. The second-order valence-corrected chi connectivity index (χ2v) is 6.08. The highest BCUT2D eigenvalue weighted by molar-refractivity contribution is 5.90. The van der Waals surface area contributed by atoms with E-state index in [0.29, 0.717) is 11.3 Å². The largest absolute Gasteiger partial charge is 0.465 e. The third kappa shape index (κ3) is 4.25. The molecule has 1 aromatic carbocycles. The third-order valence-corrected chi connectivity index (χ3v) is 3.12. The first kappa shape index (κ1) is 17.3. The number of carbonyl (C=O) groups excluding carboxylic acids is 1. The highest BCUT2D eigenvalue weighted by Crippen LogP contribution is 2.15. The number of hydrogen-bond donors (Lipinski definition) is 2. The molecule has 0 unspecified atom stereocenters. The van der Waals surface area contributed by atoms with Gasteiger partial charge in [-0.25, -0.2) is 10.2 Å². The predicted molar refractivity (Wildman–Crippen MR) is 90.4 cm³/mol. The number of nitrogens with zero attached hydrogens (tertiary/aromatic N) is 3. The number of methoxy groups -OCH3 is 1. The fourth-order valence-electron chi connectivity index (χ4n) is 1.87. The predicted octanol–water partition coefficient (Wildman–Crippen LogP) is 1.69. The van der Waals surface area contributed by atoms with Gasteiger partial charge in [0.2, 0.25) is 5.95 Å². The minimum atomic E-state index is -0.400. The van der Waals surface area contributed by atoms with Gasteiger partial charge in [0.15, 0.2) is 0 Å². The Morgan fingerprint density at radius 1 is 1.25 bits per heavy atom. The highest BCUT2D eigenvalue weighted by atomic mass is 16.5. The lowest BCUT2D eigenvalue weighted by molar-refractivity contribution is 0.0600. The summed E-state index contributed by atoms with van der Waals surface area (Å²) in [4.78, 5) is 25.9. The molecule has 8 heteroatoms. The van der Waals surface area contributed by atoms with E-state index in [1.54, 1.807) is 24.3 Å². The lowest BCUT2D eigenvalue weighted by Gasteiger charge is -2.15. The summed E-state index contributed by atoms with van der Waals surface area (Å²) < 4.78 is 4.63. The van der Waals surface area contributed by atoms with E-state index in [0.717, 1.165) is 5.56 Å². The van der Waals surface area contributed by atoms with Crippen molar-refractivity contribution in [2.45, 2.75) is 26.2 Å². The smallest absolute Gasteiger partial charge is 0.337 e. The molecule has 0 fully saturated rings. The van der Waals surface area contributed by atoms with Gasteiger partial charge in [0.1, 0.15) is 5.69 Å². The molecular weight excluding hydrogens is 310 g/mol. The molecule has 2 rings (SSSR count). The topological polar surface area (TPSA) is 109 Å². The number of ether oxygens (including phenoxy) is 1. The maximum atomic E-state index is 12.0. The van der Waals surface area contributed by atoms with Crippen LogP contribution in [-0.2, 0) is 10.2 Å². The van der Waals surface area contributed by atoms with Crippen molar-refractivity contribution in [3.63, 3.8) is 0 Å². The van der Waals surface area contributed by atoms with E-state index in [9.17, 15) is 9.59 Å². The monoisotopic (exact) mass is 329 g/mol. The summed E-state index contributed by atoms with van der Waals surface area (Å²) in [5.74, 6) is -0.251. The second-order valence-electron chi connectivity index (χ2n) is 6.08. The molecule has 0 atom stereocenters. The number of H-pyrrole nitrogens is 1. The number of carbonyl (C=O) groups is 1. The Hall–Kier alpha value is -3.03. The van der Waals surface area contributed by atoms with Gasteiger partial charge in [0.25, 0.3) is 5.56 Å². The minimum absolute atomic E-state index is 0.149. The van der Waals surface area contributed by atoms with E-state index < -0.39 is 5.97 Å². The van der Waals surface area contributed by atoms with Crippen LogP contribution in [0.15, 0.2) is 34.2 Å². The molecule has 0 radical (unpaired) electrons. The zero-order valence-electron chi connectivity index (χ0n) is 14.0. The number of aromatic amines is 1. The van der Waals surface area contributed by atoms with Crippen molar-refractivity contribution < 1.29 is 9.53 Å². The molecule has 24 heavy (non-hydrogen) atoms. The first-order valence-electron chi connectivity index (χ1n) is 7.26. The molecule has 0 bridgehead atoms. The minimum Gasteiger partial charge on any atom is -0.465 e. The van der Waals surface area contributed by atoms with Gasteiger partial charge in [0.05, 0.1) is 18.9 Å². The Kier molecular flexibility index (Phi) is 5.08. The summed E-state index contributed by atoms with van der Waals surface area (Å²) >= 11 is 0. The average Bonchev–Trinajstić information content (AvgIpc) is 2.53. The van der Waals surface area contributed by atoms with Crippen LogP contribution in [0.3, 0.4) is 0 Å². The van der Waals surface area contributed by atoms with Crippen LogP contribution in [-0.4, -0.2) is 34.5 Å². The number of anilines is 1. The molecule has 8 nitrogen and oxygen atoms in total. The molecule has 2 aromatic rings. The van der Waals surface area contributed by atoms with Crippen molar-refractivity contribution in [1.29, 1.82) is 0 Å². The molecule has 1 aromatic heterocycles. The molecule has 0 amide bonds. The lowest BCUT2D eigenvalue weighted by atomic mass is 9.93. The van der Waals surface area contributed by atoms with Gasteiger partial charge >= 0.3 is 5.97 Å². The summed E-state index contributed by atoms with van der Waals surface area (Å²) in [6, 6.07) is 6.70. The van der Waals surface area contributed by atoms with Gasteiger partial charge < -0.3 is 4.74 Å². The van der Waals surface area contributed by atoms with Crippen LogP contribution in [0.5, 0.6) is 0 Å². The van der Waals surface area contributed by atoms with Crippen LogP contribution in [0.1, 0.15) is 42.4 Å². The Bertz CT molecular complexity index is 804. The van der Waals surface area contributed by atoms with Gasteiger partial charge in [-0.1, -0.05) is 32.9 Å². The molecule has 0 spiro atoms. The van der Waals surface area contributed by atoms with Crippen LogP contribution in [0, 0.1) is 0 Å². The van der Waals surface area contributed by atoms with E-state index in [1.165, 1.54) is 13.3 Å². The molecular formula is C16H19N5O3. The summed E-state index contributed by atoms with van der Waals surface area (Å²) in [6.45, 7) is 5.65. The fourth-order valence-corrected chi connectivity index (χ4v) is 1.87. The van der Waals surface area contributed by atoms with Crippen LogP contribution < -0.4 is 11.0 Å². The Morgan fingerprint density at radius 2 is 1.92 bits per heavy atom. The Labute approximate surface area is 139 Å². The highest BCUT2D eigenvalue weighted by Gasteiger charge is 2.20. The molecule has 0 aliphatic heterocycles. The van der Waals surface area contributed by atoms with Crippen molar-refractivity contribution in [3.8, 4) is 0 Å². The fraction of sp³-hybridized carbons (Fsp3) is 0.312. The first-order chi connectivity index (χ1) is 11.3. The maximum absolute atomic E-state index is 12.0. The number of aromatic nitrogens is 3. The summed E-state index contributed by atoms with van der Waals surface area (Å²) in [5, 5.41) is 11.8. The van der Waals surface area contributed by atoms with E-state index in [1.807, 2.05) is 20.8 Å². The average molecular weight is 329 g/mol. The van der Waals surface area contributed by atoms with Gasteiger partial charge in [-0.05, 0) is 17.7 Å². The summed E-state index contributed by atoms with van der Waals surface area (Å²) in [7, 11) is 1.33. The molecule has 0 saturated carbocycles. The molecule has 1 heterocycles. The van der Waals surface area contributed by atoms with Gasteiger partial charge in [0, 0.05) is 5.41 Å². The standard InChI is InChI=1S/C16H19N5O3/c1-16(2,3)12-13(22)18-15(21-19-12)20-17-9-10-5-7-11(8-6-10)14(23)24-4/h5-9H,1-4H3,(H2,18,20,21,22)/b17-9-. The van der Waals surface area contributed by atoms with E-state index in [-0.39, 0.29) is 16.9 Å². The molecule has 0 aliphatic rings. The first-order valence-corrected chi connectivity index (χ1v) is 7.26. The number of benzene rings is 1. The Morgan fingerprint density at radius 3 is 2.46 bits per heavy atom. The number of hydrazone groups is 1.